The number of nitriles is 1. The molecule has 0 saturated carbocycles. The number of aromatic nitrogens is 8. The Hall–Kier alpha value is -4.94. The smallest absolute Gasteiger partial charge is 0.312 e. The Labute approximate surface area is 198 Å². The highest BCUT2D eigenvalue weighted by molar-refractivity contribution is 5.93. The minimum Gasteiger partial charge on any atom is -0.312 e. The lowest BCUT2D eigenvalue weighted by Gasteiger charge is -2.15. The van der Waals surface area contributed by atoms with Gasteiger partial charge in [-0.25, -0.2) is 34.3 Å². The third kappa shape index (κ3) is 4.29. The normalized spacial score (nSPS) is 12.3. The number of alkyl halides is 3. The molecule has 0 aliphatic carbocycles. The SMILES string of the molecule is CC(C(=O)Nc1ccnc(-c2cnc(C(F)(F)F)nc2)n1)n1cnc2c1c(=O)n(CC#N)c(=O)n2C. The average molecular weight is 500 g/mol. The Balaban J connectivity index is 1.62. The summed E-state index contributed by atoms with van der Waals surface area (Å²) in [5.74, 6) is -1.95. The van der Waals surface area contributed by atoms with Crippen LogP contribution in [0.5, 0.6) is 0 Å². The lowest BCUT2D eigenvalue weighted by Crippen LogP contribution is -2.40. The number of imidazole rings is 1. The number of nitrogens with zero attached hydrogens (tertiary/aromatic N) is 9. The van der Waals surface area contributed by atoms with E-state index < -0.39 is 41.7 Å². The van der Waals surface area contributed by atoms with Crippen LogP contribution in [0.15, 0.2) is 40.6 Å². The van der Waals surface area contributed by atoms with Gasteiger partial charge in [0.05, 0.1) is 18.0 Å². The van der Waals surface area contributed by atoms with Gasteiger partial charge in [-0.05, 0) is 13.0 Å². The van der Waals surface area contributed by atoms with Crippen molar-refractivity contribution >= 4 is 22.9 Å². The van der Waals surface area contributed by atoms with Crippen molar-refractivity contribution in [3.05, 3.63) is 57.6 Å². The molecule has 184 valence electrons. The van der Waals surface area contributed by atoms with E-state index in [2.05, 4.69) is 30.2 Å². The second-order valence-electron chi connectivity index (χ2n) is 7.44. The number of carbonyl (C=O) groups is 1. The van der Waals surface area contributed by atoms with Gasteiger partial charge in [0, 0.05) is 25.6 Å². The molecule has 0 aromatic carbocycles. The van der Waals surface area contributed by atoms with Crippen LogP contribution in [0.1, 0.15) is 18.8 Å². The summed E-state index contributed by atoms with van der Waals surface area (Å²) in [5.41, 5.74) is -1.44. The Morgan fingerprint density at radius 2 is 1.89 bits per heavy atom. The number of anilines is 1. The first-order chi connectivity index (χ1) is 17.0. The predicted molar refractivity (Wildman–Crippen MR) is 116 cm³/mol. The minimum absolute atomic E-state index is 0.0236. The summed E-state index contributed by atoms with van der Waals surface area (Å²) >= 11 is 0. The summed E-state index contributed by atoms with van der Waals surface area (Å²) < 4.78 is 41.1. The first-order valence-electron chi connectivity index (χ1n) is 10.1. The molecule has 0 saturated heterocycles. The van der Waals surface area contributed by atoms with Crippen LogP contribution >= 0.6 is 0 Å². The Kier molecular flexibility index (Phi) is 6.06. The highest BCUT2D eigenvalue weighted by Crippen LogP contribution is 2.26. The summed E-state index contributed by atoms with van der Waals surface area (Å²) in [4.78, 5) is 56.8. The van der Waals surface area contributed by atoms with E-state index >= 15 is 0 Å². The number of fused-ring (bicyclic) bond motifs is 1. The van der Waals surface area contributed by atoms with Crippen LogP contribution in [0.25, 0.3) is 22.6 Å². The number of aryl methyl sites for hydroxylation is 1. The van der Waals surface area contributed by atoms with E-state index in [4.69, 9.17) is 5.26 Å². The van der Waals surface area contributed by atoms with Gasteiger partial charge in [-0.2, -0.15) is 18.4 Å². The van der Waals surface area contributed by atoms with Gasteiger partial charge in [0.2, 0.25) is 11.7 Å². The molecule has 1 atom stereocenters. The van der Waals surface area contributed by atoms with Gasteiger partial charge in [-0.1, -0.05) is 0 Å². The zero-order valence-corrected chi connectivity index (χ0v) is 18.6. The fraction of sp³-hybridized carbons (Fsp3) is 0.250. The summed E-state index contributed by atoms with van der Waals surface area (Å²) in [5, 5.41) is 11.5. The van der Waals surface area contributed by atoms with Crippen LogP contribution in [0.4, 0.5) is 19.0 Å². The van der Waals surface area contributed by atoms with Crippen LogP contribution in [0.2, 0.25) is 0 Å². The van der Waals surface area contributed by atoms with Gasteiger partial charge >= 0.3 is 11.9 Å². The molecule has 0 spiro atoms. The number of rotatable bonds is 5. The summed E-state index contributed by atoms with van der Waals surface area (Å²) in [6.07, 6.45) is -0.380. The van der Waals surface area contributed by atoms with Crippen LogP contribution < -0.4 is 16.6 Å². The van der Waals surface area contributed by atoms with E-state index in [1.54, 1.807) is 6.07 Å². The number of hydrogen-bond acceptors (Lipinski definition) is 9. The number of nitrogens with one attached hydrogen (secondary N) is 1. The van der Waals surface area contributed by atoms with E-state index in [1.165, 1.54) is 37.1 Å². The van der Waals surface area contributed by atoms with E-state index in [0.29, 0.717) is 0 Å². The maximum absolute atomic E-state index is 12.9. The highest BCUT2D eigenvalue weighted by atomic mass is 19.4. The van der Waals surface area contributed by atoms with Crippen molar-refractivity contribution in [2.24, 2.45) is 7.05 Å². The zero-order chi connectivity index (χ0) is 26.2. The third-order valence-corrected chi connectivity index (χ3v) is 5.15. The lowest BCUT2D eigenvalue weighted by molar-refractivity contribution is -0.145. The van der Waals surface area contributed by atoms with Crippen LogP contribution in [-0.2, 0) is 24.6 Å². The summed E-state index contributed by atoms with van der Waals surface area (Å²) in [7, 11) is 1.38. The Morgan fingerprint density at radius 1 is 1.19 bits per heavy atom. The molecule has 4 aromatic heterocycles. The number of hydrogen-bond donors (Lipinski definition) is 1. The van der Waals surface area contributed by atoms with Crippen molar-refractivity contribution in [3.63, 3.8) is 0 Å². The molecule has 0 fully saturated rings. The molecule has 4 aromatic rings. The molecule has 1 N–H and O–H groups in total. The van der Waals surface area contributed by atoms with E-state index in [-0.39, 0.29) is 28.4 Å². The first-order valence-corrected chi connectivity index (χ1v) is 10.1. The topological polar surface area (TPSA) is 166 Å². The standard InChI is InChI=1S/C20H15F3N10O3/c1-10(33-9-28-15-13(33)17(35)32(6-4-24)19(36)31(15)2)16(34)30-12-3-5-25-14(29-12)11-7-26-18(27-8-11)20(21,22)23/h3,5,7-10H,6H2,1-2H3,(H,25,29,30,34). The van der Waals surface area contributed by atoms with Crippen molar-refractivity contribution in [3.8, 4) is 17.5 Å². The Bertz CT molecular complexity index is 1630. The second-order valence-corrected chi connectivity index (χ2v) is 7.44. The van der Waals surface area contributed by atoms with Gasteiger partial charge in [-0.3, -0.25) is 14.2 Å². The molecule has 0 radical (unpaired) electrons. The molecule has 0 bridgehead atoms. The van der Waals surface area contributed by atoms with Gasteiger partial charge in [0.15, 0.2) is 17.0 Å². The third-order valence-electron chi connectivity index (χ3n) is 5.15. The van der Waals surface area contributed by atoms with Gasteiger partial charge in [-0.15, -0.1) is 0 Å². The van der Waals surface area contributed by atoms with Crippen molar-refractivity contribution in [2.75, 3.05) is 5.32 Å². The molecule has 1 unspecified atom stereocenters. The van der Waals surface area contributed by atoms with E-state index in [0.717, 1.165) is 21.5 Å². The number of carbonyl (C=O) groups excluding carboxylic acids is 1. The van der Waals surface area contributed by atoms with Crippen molar-refractivity contribution in [2.45, 2.75) is 25.7 Å². The fourth-order valence-electron chi connectivity index (χ4n) is 3.31. The highest BCUT2D eigenvalue weighted by Gasteiger charge is 2.34. The minimum atomic E-state index is -4.70. The van der Waals surface area contributed by atoms with Crippen LogP contribution in [0, 0.1) is 11.3 Å². The molecule has 0 aliphatic heterocycles. The molecule has 16 heteroatoms. The van der Waals surface area contributed by atoms with E-state index in [1.807, 2.05) is 0 Å². The molecule has 4 rings (SSSR count). The number of amides is 1. The summed E-state index contributed by atoms with van der Waals surface area (Å²) in [6.45, 7) is 0.992. The molecule has 4 heterocycles. The van der Waals surface area contributed by atoms with Gasteiger partial charge in [0.25, 0.3) is 5.56 Å². The number of halogens is 3. The average Bonchev–Trinajstić information content (AvgIpc) is 3.30. The first kappa shape index (κ1) is 24.2. The van der Waals surface area contributed by atoms with Gasteiger partial charge < -0.3 is 9.88 Å². The Morgan fingerprint density at radius 3 is 2.53 bits per heavy atom. The van der Waals surface area contributed by atoms with Crippen molar-refractivity contribution in [1.29, 1.82) is 5.26 Å². The molecular weight excluding hydrogens is 485 g/mol. The quantitative estimate of drug-likeness (QED) is 0.418. The monoisotopic (exact) mass is 500 g/mol. The van der Waals surface area contributed by atoms with Gasteiger partial charge in [0.1, 0.15) is 18.4 Å². The van der Waals surface area contributed by atoms with E-state index in [9.17, 15) is 27.6 Å². The maximum atomic E-state index is 12.9. The van der Waals surface area contributed by atoms with Crippen LogP contribution in [0.3, 0.4) is 0 Å². The van der Waals surface area contributed by atoms with Crippen molar-refractivity contribution < 1.29 is 18.0 Å². The molecule has 1 amide bonds. The molecule has 36 heavy (non-hydrogen) atoms. The zero-order valence-electron chi connectivity index (χ0n) is 18.6. The summed E-state index contributed by atoms with van der Waals surface area (Å²) in [6, 6.07) is 2.09. The molecule has 13 nitrogen and oxygen atoms in total. The fourth-order valence-corrected chi connectivity index (χ4v) is 3.31. The van der Waals surface area contributed by atoms with Crippen LogP contribution in [-0.4, -0.2) is 44.5 Å². The van der Waals surface area contributed by atoms with Crippen molar-refractivity contribution in [1.82, 2.24) is 38.6 Å². The second kappa shape index (κ2) is 9.02. The molecule has 0 aliphatic rings. The lowest BCUT2D eigenvalue weighted by atomic mass is 10.3. The largest absolute Gasteiger partial charge is 0.451 e. The predicted octanol–water partition coefficient (Wildman–Crippen LogP) is 0.886. The molecular formula is C20H15F3N10O3. The maximum Gasteiger partial charge on any atom is 0.451 e.